The van der Waals surface area contributed by atoms with E-state index in [0.29, 0.717) is 28.3 Å². The molecule has 0 aliphatic heterocycles. The van der Waals surface area contributed by atoms with Crippen molar-refractivity contribution in [1.29, 1.82) is 0 Å². The van der Waals surface area contributed by atoms with Crippen molar-refractivity contribution >= 4 is 34.9 Å². The monoisotopic (exact) mass is 443 g/mol. The maximum atomic E-state index is 13.1. The Morgan fingerprint density at radius 3 is 2.30 bits per heavy atom. The molecule has 1 N–H and O–H groups in total. The van der Waals surface area contributed by atoms with Gasteiger partial charge in [-0.1, -0.05) is 0 Å². The zero-order chi connectivity index (χ0) is 23.5. The number of ketones is 1. The molecule has 0 radical (unpaired) electrons. The van der Waals surface area contributed by atoms with Gasteiger partial charge in [0, 0.05) is 36.3 Å². The number of fused-ring (bicyclic) bond motifs is 1. The lowest BCUT2D eigenvalue weighted by molar-refractivity contribution is 0.0990. The Kier molecular flexibility index (Phi) is 5.86. The molecule has 0 spiro atoms. The first-order chi connectivity index (χ1) is 15.9. The first-order valence-electron chi connectivity index (χ1n) is 10.0. The van der Waals surface area contributed by atoms with E-state index < -0.39 is 6.09 Å². The second-order valence-corrected chi connectivity index (χ2v) is 7.31. The highest BCUT2D eigenvalue weighted by molar-refractivity contribution is 6.06. The fourth-order valence-electron chi connectivity index (χ4n) is 3.33. The van der Waals surface area contributed by atoms with Gasteiger partial charge in [-0.15, -0.1) is 0 Å². The molecule has 0 aliphatic rings. The van der Waals surface area contributed by atoms with Crippen LogP contribution >= 0.6 is 0 Å². The minimum atomic E-state index is -0.603. The van der Waals surface area contributed by atoms with Crippen molar-refractivity contribution < 1.29 is 19.1 Å². The van der Waals surface area contributed by atoms with E-state index in [1.54, 1.807) is 74.2 Å². The number of nitrogens with zero attached hydrogens (tertiary/aromatic N) is 4. The van der Waals surface area contributed by atoms with Crippen LogP contribution in [-0.2, 0) is 4.74 Å². The van der Waals surface area contributed by atoms with Gasteiger partial charge in [0.05, 0.1) is 24.6 Å². The van der Waals surface area contributed by atoms with Crippen LogP contribution in [0.2, 0.25) is 0 Å². The Balaban J connectivity index is 1.61. The number of pyridine rings is 2. The summed E-state index contributed by atoms with van der Waals surface area (Å²) < 4.78 is 6.37. The summed E-state index contributed by atoms with van der Waals surface area (Å²) in [6, 6.07) is 13.8. The zero-order valence-electron chi connectivity index (χ0n) is 18.3. The Bertz CT molecular complexity index is 1340. The van der Waals surface area contributed by atoms with Gasteiger partial charge in [-0.25, -0.2) is 14.8 Å². The predicted molar refractivity (Wildman–Crippen MR) is 124 cm³/mol. The van der Waals surface area contributed by atoms with Crippen molar-refractivity contribution in [2.75, 3.05) is 24.4 Å². The quantitative estimate of drug-likeness (QED) is 0.467. The normalized spacial score (nSPS) is 10.6. The lowest BCUT2D eigenvalue weighted by atomic mass is 10.1. The van der Waals surface area contributed by atoms with E-state index in [2.05, 4.69) is 20.0 Å². The number of rotatable bonds is 5. The third-order valence-corrected chi connectivity index (χ3v) is 5.19. The van der Waals surface area contributed by atoms with Crippen LogP contribution in [0.1, 0.15) is 27.6 Å². The molecule has 3 aromatic heterocycles. The number of hydrogen-bond donors (Lipinski definition) is 1. The highest BCUT2D eigenvalue weighted by Gasteiger charge is 2.16. The second-order valence-electron chi connectivity index (χ2n) is 7.31. The molecule has 0 bridgehead atoms. The van der Waals surface area contributed by atoms with Crippen LogP contribution in [-0.4, -0.2) is 46.3 Å². The van der Waals surface area contributed by atoms with Crippen LogP contribution in [0.5, 0.6) is 0 Å². The molecule has 4 rings (SSSR count). The Labute approximate surface area is 189 Å². The molecule has 9 heteroatoms. The summed E-state index contributed by atoms with van der Waals surface area (Å²) in [6.07, 6.45) is 4.42. The van der Waals surface area contributed by atoms with Crippen LogP contribution in [0, 0.1) is 0 Å². The van der Waals surface area contributed by atoms with Crippen LogP contribution in [0.25, 0.3) is 16.9 Å². The molecule has 0 saturated heterocycles. The van der Waals surface area contributed by atoms with Gasteiger partial charge >= 0.3 is 6.09 Å². The van der Waals surface area contributed by atoms with E-state index in [4.69, 9.17) is 0 Å². The van der Waals surface area contributed by atoms with Crippen molar-refractivity contribution in [3.8, 4) is 11.3 Å². The molecule has 0 atom stereocenters. The number of imidazole rings is 1. The average Bonchev–Trinajstić information content (AvgIpc) is 3.26. The molecule has 0 fully saturated rings. The Hall–Kier alpha value is -4.53. The minimum Gasteiger partial charge on any atom is -0.453 e. The second kappa shape index (κ2) is 8.91. The van der Waals surface area contributed by atoms with Gasteiger partial charge in [0.25, 0.3) is 5.91 Å². The van der Waals surface area contributed by atoms with Crippen molar-refractivity contribution in [1.82, 2.24) is 14.4 Å². The zero-order valence-corrected chi connectivity index (χ0v) is 18.3. The van der Waals surface area contributed by atoms with Crippen LogP contribution in [0.3, 0.4) is 0 Å². The summed E-state index contributed by atoms with van der Waals surface area (Å²) in [5.41, 5.74) is 3.91. The molecule has 0 unspecified atom stereocenters. The van der Waals surface area contributed by atoms with Gasteiger partial charge in [0.1, 0.15) is 11.5 Å². The Morgan fingerprint density at radius 2 is 1.67 bits per heavy atom. The highest BCUT2D eigenvalue weighted by atomic mass is 16.5. The highest BCUT2D eigenvalue weighted by Crippen LogP contribution is 2.23. The number of Topliss-reactive ketones (excluding diaryl/α,β-unsaturated/α-hetero) is 1. The molecule has 166 valence electrons. The molecule has 0 aliphatic carbocycles. The molecule has 0 saturated carbocycles. The van der Waals surface area contributed by atoms with Gasteiger partial charge in [-0.2, -0.15) is 0 Å². The van der Waals surface area contributed by atoms with Gasteiger partial charge in [-0.05, 0) is 55.5 Å². The topological polar surface area (TPSA) is 106 Å². The van der Waals surface area contributed by atoms with E-state index in [1.807, 2.05) is 4.40 Å². The summed E-state index contributed by atoms with van der Waals surface area (Å²) in [5.74, 6) is 0.118. The number of aromatic nitrogens is 3. The lowest BCUT2D eigenvalue weighted by Crippen LogP contribution is -2.26. The van der Waals surface area contributed by atoms with E-state index in [-0.39, 0.29) is 11.7 Å². The number of hydrogen-bond acceptors (Lipinski definition) is 6. The molecular weight excluding hydrogens is 422 g/mol. The number of amides is 2. The van der Waals surface area contributed by atoms with E-state index in [9.17, 15) is 14.4 Å². The fraction of sp³-hybridized carbons (Fsp3) is 0.125. The van der Waals surface area contributed by atoms with Crippen molar-refractivity contribution in [2.24, 2.45) is 0 Å². The third-order valence-electron chi connectivity index (χ3n) is 5.19. The third kappa shape index (κ3) is 4.42. The first-order valence-corrected chi connectivity index (χ1v) is 10.0. The molecular formula is C24H21N5O4. The molecule has 33 heavy (non-hydrogen) atoms. The largest absolute Gasteiger partial charge is 0.453 e. The van der Waals surface area contributed by atoms with Crippen LogP contribution in [0.4, 0.5) is 16.3 Å². The number of benzene rings is 1. The summed E-state index contributed by atoms with van der Waals surface area (Å²) in [4.78, 5) is 46.1. The van der Waals surface area contributed by atoms with Crippen molar-refractivity contribution in [3.05, 3.63) is 78.2 Å². The van der Waals surface area contributed by atoms with E-state index in [0.717, 1.165) is 11.3 Å². The number of nitrogens with one attached hydrogen (secondary N) is 1. The maximum absolute atomic E-state index is 13.1. The summed E-state index contributed by atoms with van der Waals surface area (Å²) in [7, 11) is 2.96. The van der Waals surface area contributed by atoms with Crippen LogP contribution < -0.4 is 10.2 Å². The SMILES string of the molecule is COC(=O)Nc1ccc(-c2cnc3ccc(C(=O)N(C)c4ccc(C(C)=O)cc4)cn23)cn1. The summed E-state index contributed by atoms with van der Waals surface area (Å²) >= 11 is 0. The molecule has 3 heterocycles. The molecule has 4 aromatic rings. The van der Waals surface area contributed by atoms with Crippen molar-refractivity contribution in [3.63, 3.8) is 0 Å². The first kappa shape index (κ1) is 21.7. The number of methoxy groups -OCH3 is 1. The van der Waals surface area contributed by atoms with E-state index in [1.165, 1.54) is 18.9 Å². The lowest BCUT2D eigenvalue weighted by Gasteiger charge is -2.18. The molecule has 2 amide bonds. The molecule has 1 aromatic carbocycles. The number of carbonyl (C=O) groups is 3. The smallest absolute Gasteiger partial charge is 0.412 e. The van der Waals surface area contributed by atoms with Gasteiger partial charge in [0.15, 0.2) is 5.78 Å². The van der Waals surface area contributed by atoms with Gasteiger partial charge < -0.3 is 9.64 Å². The van der Waals surface area contributed by atoms with E-state index >= 15 is 0 Å². The Morgan fingerprint density at radius 1 is 0.939 bits per heavy atom. The van der Waals surface area contributed by atoms with Crippen molar-refractivity contribution in [2.45, 2.75) is 6.92 Å². The average molecular weight is 443 g/mol. The summed E-state index contributed by atoms with van der Waals surface area (Å²) in [6.45, 7) is 1.50. The molecule has 9 nitrogen and oxygen atoms in total. The van der Waals surface area contributed by atoms with Crippen LogP contribution in [0.15, 0.2) is 67.1 Å². The maximum Gasteiger partial charge on any atom is 0.412 e. The standard InChI is InChI=1S/C24H21N5O4/c1-15(30)16-4-8-19(9-5-16)28(2)23(31)18-7-11-22-26-13-20(29(22)14-18)17-6-10-21(25-12-17)27-24(32)33-3/h4-14H,1-3H3,(H,25,27,32). The summed E-state index contributed by atoms with van der Waals surface area (Å²) in [5, 5.41) is 2.50. The fourth-order valence-corrected chi connectivity index (χ4v) is 3.33. The van der Waals surface area contributed by atoms with Gasteiger partial charge in [-0.3, -0.25) is 19.3 Å². The predicted octanol–water partition coefficient (Wildman–Crippen LogP) is 4.05. The number of anilines is 2. The minimum absolute atomic E-state index is 0.0304. The number of carbonyl (C=O) groups excluding carboxylic acids is 3. The van der Waals surface area contributed by atoms with Gasteiger partial charge in [0.2, 0.25) is 0 Å². The number of ether oxygens (including phenoxy) is 1.